The Labute approximate surface area is 125 Å². The third-order valence-electron chi connectivity index (χ3n) is 3.90. The molecule has 1 aliphatic carbocycles. The molecule has 1 fully saturated rings. The Kier molecular flexibility index (Phi) is 4.32. The highest BCUT2D eigenvalue weighted by atomic mass is 32.2. The van der Waals surface area contributed by atoms with Gasteiger partial charge < -0.3 is 5.73 Å². The van der Waals surface area contributed by atoms with Gasteiger partial charge in [0.05, 0.1) is 10.6 Å². The lowest BCUT2D eigenvalue weighted by atomic mass is 9.81. The van der Waals surface area contributed by atoms with E-state index in [1.807, 2.05) is 6.92 Å². The average molecular weight is 332 g/mol. The first-order valence-electron chi connectivity index (χ1n) is 6.73. The summed E-state index contributed by atoms with van der Waals surface area (Å²) in [7, 11) is -7.32. The van der Waals surface area contributed by atoms with E-state index in [0.29, 0.717) is 5.92 Å². The third kappa shape index (κ3) is 3.56. The SMILES string of the molecule is CC(NS(=O)(=O)c1cc(S(C)(=O)=O)ccc1N)C1CCC1. The van der Waals surface area contributed by atoms with Gasteiger partial charge >= 0.3 is 0 Å². The number of anilines is 1. The molecule has 21 heavy (non-hydrogen) atoms. The maximum atomic E-state index is 12.4. The van der Waals surface area contributed by atoms with E-state index in [4.69, 9.17) is 5.73 Å². The van der Waals surface area contributed by atoms with Crippen LogP contribution in [0.3, 0.4) is 0 Å². The van der Waals surface area contributed by atoms with Gasteiger partial charge in [-0.3, -0.25) is 0 Å². The van der Waals surface area contributed by atoms with Gasteiger partial charge in [-0.15, -0.1) is 0 Å². The largest absolute Gasteiger partial charge is 0.398 e. The highest BCUT2D eigenvalue weighted by Crippen LogP contribution is 2.31. The molecule has 118 valence electrons. The number of nitrogen functional groups attached to an aromatic ring is 1. The Morgan fingerprint density at radius 2 is 1.86 bits per heavy atom. The van der Waals surface area contributed by atoms with Crippen molar-refractivity contribution in [2.75, 3.05) is 12.0 Å². The van der Waals surface area contributed by atoms with Crippen LogP contribution in [0.15, 0.2) is 28.0 Å². The van der Waals surface area contributed by atoms with Gasteiger partial charge in [-0.05, 0) is 43.9 Å². The van der Waals surface area contributed by atoms with Crippen molar-refractivity contribution < 1.29 is 16.8 Å². The lowest BCUT2D eigenvalue weighted by Gasteiger charge is -2.31. The van der Waals surface area contributed by atoms with Crippen LogP contribution in [0.2, 0.25) is 0 Å². The van der Waals surface area contributed by atoms with Crippen molar-refractivity contribution in [1.82, 2.24) is 4.72 Å². The molecule has 1 unspecified atom stereocenters. The molecule has 1 atom stereocenters. The van der Waals surface area contributed by atoms with Gasteiger partial charge in [0.25, 0.3) is 0 Å². The van der Waals surface area contributed by atoms with Gasteiger partial charge in [0.1, 0.15) is 4.90 Å². The summed E-state index contributed by atoms with van der Waals surface area (Å²) in [6.07, 6.45) is 4.15. The molecule has 0 bridgehead atoms. The van der Waals surface area contributed by atoms with Crippen LogP contribution in [0.4, 0.5) is 5.69 Å². The van der Waals surface area contributed by atoms with E-state index in [1.165, 1.54) is 12.1 Å². The first-order valence-corrected chi connectivity index (χ1v) is 10.1. The summed E-state index contributed by atoms with van der Waals surface area (Å²) in [6, 6.07) is 3.53. The van der Waals surface area contributed by atoms with E-state index in [-0.39, 0.29) is 21.5 Å². The minimum atomic E-state index is -3.83. The zero-order valence-corrected chi connectivity index (χ0v) is 13.7. The summed E-state index contributed by atoms with van der Waals surface area (Å²) in [5, 5.41) is 0. The minimum Gasteiger partial charge on any atom is -0.398 e. The molecule has 6 nitrogen and oxygen atoms in total. The molecule has 0 aromatic heterocycles. The number of nitrogens with one attached hydrogen (secondary N) is 1. The lowest BCUT2D eigenvalue weighted by Crippen LogP contribution is -2.40. The van der Waals surface area contributed by atoms with E-state index in [2.05, 4.69) is 4.72 Å². The second-order valence-electron chi connectivity index (χ2n) is 5.57. The zero-order valence-electron chi connectivity index (χ0n) is 12.0. The lowest BCUT2D eigenvalue weighted by molar-refractivity contribution is 0.260. The molecule has 8 heteroatoms. The van der Waals surface area contributed by atoms with Gasteiger partial charge in [0, 0.05) is 12.3 Å². The van der Waals surface area contributed by atoms with Crippen LogP contribution < -0.4 is 10.5 Å². The molecule has 0 aliphatic heterocycles. The Morgan fingerprint density at radius 1 is 1.24 bits per heavy atom. The molecule has 0 saturated heterocycles. The first-order chi connectivity index (χ1) is 9.61. The fourth-order valence-corrected chi connectivity index (χ4v) is 4.51. The fourth-order valence-electron chi connectivity index (χ4n) is 2.32. The van der Waals surface area contributed by atoms with E-state index in [9.17, 15) is 16.8 Å². The van der Waals surface area contributed by atoms with Crippen molar-refractivity contribution in [2.24, 2.45) is 5.92 Å². The van der Waals surface area contributed by atoms with Gasteiger partial charge in [0.2, 0.25) is 10.0 Å². The zero-order chi connectivity index (χ0) is 15.8. The molecule has 0 spiro atoms. The second-order valence-corrected chi connectivity index (χ2v) is 9.27. The summed E-state index contributed by atoms with van der Waals surface area (Å²) in [5.41, 5.74) is 5.74. The van der Waals surface area contributed by atoms with Crippen molar-refractivity contribution in [3.8, 4) is 0 Å². The normalized spacial score (nSPS) is 18.2. The van der Waals surface area contributed by atoms with Crippen LogP contribution in [0.1, 0.15) is 26.2 Å². The van der Waals surface area contributed by atoms with Crippen LogP contribution in [0.5, 0.6) is 0 Å². The first kappa shape index (κ1) is 16.3. The third-order valence-corrected chi connectivity index (χ3v) is 6.63. The van der Waals surface area contributed by atoms with Crippen LogP contribution in [-0.2, 0) is 19.9 Å². The predicted octanol–water partition coefficient (Wildman–Crippen LogP) is 1.14. The quantitative estimate of drug-likeness (QED) is 0.786. The Bertz CT molecular complexity index is 737. The van der Waals surface area contributed by atoms with Crippen LogP contribution in [0.25, 0.3) is 0 Å². The molecular formula is C13H20N2O4S2. The van der Waals surface area contributed by atoms with Crippen LogP contribution in [-0.4, -0.2) is 29.1 Å². The van der Waals surface area contributed by atoms with Gasteiger partial charge in [-0.1, -0.05) is 6.42 Å². The fraction of sp³-hybridized carbons (Fsp3) is 0.538. The molecule has 0 heterocycles. The summed E-state index contributed by atoms with van der Waals surface area (Å²) in [4.78, 5) is -0.245. The van der Waals surface area contributed by atoms with Crippen molar-refractivity contribution in [3.63, 3.8) is 0 Å². The van der Waals surface area contributed by atoms with Crippen molar-refractivity contribution in [1.29, 1.82) is 0 Å². The molecule has 1 aromatic carbocycles. The van der Waals surface area contributed by atoms with Crippen LogP contribution >= 0.6 is 0 Å². The topological polar surface area (TPSA) is 106 Å². The number of sulfone groups is 1. The molecule has 1 aliphatic rings. The molecule has 0 amide bonds. The van der Waals surface area contributed by atoms with Crippen molar-refractivity contribution in [2.45, 2.75) is 42.0 Å². The molecule has 2 rings (SSSR count). The summed E-state index contributed by atoms with van der Waals surface area (Å²) < 4.78 is 50.5. The monoisotopic (exact) mass is 332 g/mol. The molecule has 3 N–H and O–H groups in total. The number of sulfonamides is 1. The van der Waals surface area contributed by atoms with Crippen molar-refractivity contribution >= 4 is 25.5 Å². The number of benzene rings is 1. The summed E-state index contributed by atoms with van der Waals surface area (Å²) in [5.74, 6) is 0.332. The van der Waals surface area contributed by atoms with Gasteiger partial charge in [0.15, 0.2) is 9.84 Å². The Morgan fingerprint density at radius 3 is 2.33 bits per heavy atom. The highest BCUT2D eigenvalue weighted by molar-refractivity contribution is 7.91. The van der Waals surface area contributed by atoms with E-state index in [1.54, 1.807) is 0 Å². The summed E-state index contributed by atoms with van der Waals surface area (Å²) >= 11 is 0. The van der Waals surface area contributed by atoms with Gasteiger partial charge in [-0.2, -0.15) is 0 Å². The highest BCUT2D eigenvalue weighted by Gasteiger charge is 2.29. The average Bonchev–Trinajstić information content (AvgIpc) is 2.23. The molecule has 0 radical (unpaired) electrons. The Balaban J connectivity index is 2.34. The maximum Gasteiger partial charge on any atom is 0.242 e. The minimum absolute atomic E-state index is 0.0377. The Hall–Kier alpha value is -1.12. The van der Waals surface area contributed by atoms with Crippen LogP contribution in [0, 0.1) is 5.92 Å². The van der Waals surface area contributed by atoms with E-state index < -0.39 is 19.9 Å². The number of hydrogen-bond donors (Lipinski definition) is 2. The van der Waals surface area contributed by atoms with E-state index >= 15 is 0 Å². The van der Waals surface area contributed by atoms with Crippen molar-refractivity contribution in [3.05, 3.63) is 18.2 Å². The van der Waals surface area contributed by atoms with Gasteiger partial charge in [-0.25, -0.2) is 21.6 Å². The predicted molar refractivity (Wildman–Crippen MR) is 81.1 cm³/mol. The maximum absolute atomic E-state index is 12.4. The smallest absolute Gasteiger partial charge is 0.242 e. The summed E-state index contributed by atoms with van der Waals surface area (Å²) in [6.45, 7) is 1.82. The number of hydrogen-bond acceptors (Lipinski definition) is 5. The molecule has 1 saturated carbocycles. The molecular weight excluding hydrogens is 312 g/mol. The number of nitrogens with two attached hydrogens (primary N) is 1. The second kappa shape index (κ2) is 5.58. The van der Waals surface area contributed by atoms with E-state index in [0.717, 1.165) is 31.6 Å². The number of rotatable bonds is 5. The molecule has 1 aromatic rings. The standard InChI is InChI=1S/C13H20N2O4S2/c1-9(10-4-3-5-10)15-21(18,19)13-8-11(20(2,16)17)6-7-12(13)14/h6-10,15H,3-5,14H2,1-2H3.